The number of rotatable bonds is 6. The molecular formula is C21H20N4O3. The number of methoxy groups -OCH3 is 1. The number of ketones is 1. The minimum atomic E-state index is -0.437. The number of aryl methyl sites for hydroxylation is 1. The van der Waals surface area contributed by atoms with Crippen molar-refractivity contribution in [3.8, 4) is 0 Å². The number of hydrogen-bond acceptors (Lipinski definition) is 7. The maximum absolute atomic E-state index is 12.0. The van der Waals surface area contributed by atoms with E-state index in [1.54, 1.807) is 42.5 Å². The Labute approximate surface area is 162 Å². The molecule has 0 aliphatic carbocycles. The molecule has 3 aromatic rings. The highest BCUT2D eigenvalue weighted by molar-refractivity contribution is 5.96. The lowest BCUT2D eigenvalue weighted by atomic mass is 10.1. The van der Waals surface area contributed by atoms with Crippen LogP contribution in [0.1, 0.15) is 33.3 Å². The molecule has 1 heterocycles. The van der Waals surface area contributed by atoms with Crippen LogP contribution in [0.4, 0.5) is 23.1 Å². The van der Waals surface area contributed by atoms with Gasteiger partial charge in [0.2, 0.25) is 5.95 Å². The van der Waals surface area contributed by atoms with E-state index in [2.05, 4.69) is 20.6 Å². The second kappa shape index (κ2) is 8.30. The molecule has 0 aliphatic heterocycles. The Kier molecular flexibility index (Phi) is 5.64. The van der Waals surface area contributed by atoms with E-state index in [-0.39, 0.29) is 5.78 Å². The predicted octanol–water partition coefficient (Wildman–Crippen LogP) is 4.26. The van der Waals surface area contributed by atoms with Gasteiger partial charge in [-0.3, -0.25) is 4.79 Å². The summed E-state index contributed by atoms with van der Waals surface area (Å²) < 4.78 is 4.82. The molecule has 0 atom stereocenters. The van der Waals surface area contributed by atoms with Gasteiger partial charge in [0.25, 0.3) is 0 Å². The Bertz CT molecular complexity index is 1030. The summed E-state index contributed by atoms with van der Waals surface area (Å²) in [6, 6.07) is 15.9. The molecule has 0 radical (unpaired) electrons. The minimum absolute atomic E-state index is 0.0180. The first kappa shape index (κ1) is 19.0. The standard InChI is InChI=1S/C21H20N4O3/c1-13-11-19(24-18-10-5-4-9-17(18)20(27)28-3)25-21(22-13)23-16-8-6-7-15(12-16)14(2)26/h4-12H,1-3H3,(H2,22,23,24,25). The van der Waals surface area contributed by atoms with Crippen molar-refractivity contribution in [1.29, 1.82) is 0 Å². The molecule has 28 heavy (non-hydrogen) atoms. The maximum Gasteiger partial charge on any atom is 0.339 e. The molecule has 142 valence electrons. The molecule has 0 saturated heterocycles. The van der Waals surface area contributed by atoms with E-state index in [1.165, 1.54) is 14.0 Å². The third-order valence-electron chi connectivity index (χ3n) is 3.97. The van der Waals surface area contributed by atoms with Crippen molar-refractivity contribution in [2.45, 2.75) is 13.8 Å². The van der Waals surface area contributed by atoms with Crippen LogP contribution in [0.3, 0.4) is 0 Å². The topological polar surface area (TPSA) is 93.2 Å². The SMILES string of the molecule is COC(=O)c1ccccc1Nc1cc(C)nc(Nc2cccc(C(C)=O)c2)n1. The fraction of sp³-hybridized carbons (Fsp3) is 0.143. The molecule has 1 aromatic heterocycles. The van der Waals surface area contributed by atoms with Crippen LogP contribution in [0, 0.1) is 6.92 Å². The number of nitrogens with one attached hydrogen (secondary N) is 2. The minimum Gasteiger partial charge on any atom is -0.465 e. The van der Waals surface area contributed by atoms with Crippen molar-refractivity contribution in [2.75, 3.05) is 17.7 Å². The smallest absolute Gasteiger partial charge is 0.339 e. The zero-order valence-electron chi connectivity index (χ0n) is 15.8. The van der Waals surface area contributed by atoms with Crippen molar-refractivity contribution in [3.05, 3.63) is 71.4 Å². The number of para-hydroxylation sites is 1. The number of anilines is 4. The molecule has 0 aliphatic rings. The Morgan fingerprint density at radius 1 is 0.964 bits per heavy atom. The second-order valence-corrected chi connectivity index (χ2v) is 6.14. The van der Waals surface area contributed by atoms with Crippen LogP contribution >= 0.6 is 0 Å². The van der Waals surface area contributed by atoms with Gasteiger partial charge < -0.3 is 15.4 Å². The number of hydrogen-bond donors (Lipinski definition) is 2. The number of benzene rings is 2. The molecule has 0 saturated carbocycles. The monoisotopic (exact) mass is 376 g/mol. The maximum atomic E-state index is 12.0. The van der Waals surface area contributed by atoms with Gasteiger partial charge in [-0.25, -0.2) is 9.78 Å². The first-order valence-corrected chi connectivity index (χ1v) is 8.64. The lowest BCUT2D eigenvalue weighted by Gasteiger charge is -2.12. The molecule has 0 spiro atoms. The molecule has 3 rings (SSSR count). The summed E-state index contributed by atoms with van der Waals surface area (Å²) in [5.74, 6) is 0.441. The Morgan fingerprint density at radius 3 is 2.50 bits per heavy atom. The van der Waals surface area contributed by atoms with Gasteiger partial charge in [-0.05, 0) is 38.1 Å². The van der Waals surface area contributed by atoms with E-state index in [0.717, 1.165) is 5.69 Å². The fourth-order valence-corrected chi connectivity index (χ4v) is 2.65. The van der Waals surface area contributed by atoms with E-state index in [9.17, 15) is 9.59 Å². The molecule has 0 fully saturated rings. The number of carbonyl (C=O) groups excluding carboxylic acids is 2. The summed E-state index contributed by atoms with van der Waals surface area (Å²) in [5.41, 5.74) is 3.03. The van der Waals surface area contributed by atoms with E-state index in [4.69, 9.17) is 4.74 Å². The van der Waals surface area contributed by atoms with Gasteiger partial charge in [-0.15, -0.1) is 0 Å². The van der Waals surface area contributed by atoms with Gasteiger partial charge >= 0.3 is 5.97 Å². The van der Waals surface area contributed by atoms with Crippen LogP contribution in [0.25, 0.3) is 0 Å². The molecule has 7 heteroatoms. The highest BCUT2D eigenvalue weighted by Gasteiger charge is 2.12. The Morgan fingerprint density at radius 2 is 1.75 bits per heavy atom. The number of aromatic nitrogens is 2. The van der Waals surface area contributed by atoms with Crippen LogP contribution in [-0.4, -0.2) is 28.8 Å². The fourth-order valence-electron chi connectivity index (χ4n) is 2.65. The zero-order chi connectivity index (χ0) is 20.1. The summed E-state index contributed by atoms with van der Waals surface area (Å²) in [6.07, 6.45) is 0. The van der Waals surface area contributed by atoms with Gasteiger partial charge in [-0.1, -0.05) is 24.3 Å². The lowest BCUT2D eigenvalue weighted by Crippen LogP contribution is -2.07. The van der Waals surface area contributed by atoms with Crippen molar-refractivity contribution >= 4 is 34.9 Å². The summed E-state index contributed by atoms with van der Waals surface area (Å²) in [4.78, 5) is 32.4. The molecule has 7 nitrogen and oxygen atoms in total. The number of ether oxygens (including phenoxy) is 1. The van der Waals surface area contributed by atoms with E-state index in [0.29, 0.717) is 34.3 Å². The van der Waals surface area contributed by atoms with Crippen molar-refractivity contribution in [3.63, 3.8) is 0 Å². The van der Waals surface area contributed by atoms with Gasteiger partial charge in [0, 0.05) is 23.0 Å². The molecular weight excluding hydrogens is 356 g/mol. The zero-order valence-corrected chi connectivity index (χ0v) is 15.8. The number of Topliss-reactive ketones (excluding diaryl/α,β-unsaturated/α-hetero) is 1. The largest absolute Gasteiger partial charge is 0.465 e. The summed E-state index contributed by atoms with van der Waals surface area (Å²) in [6.45, 7) is 3.36. The Balaban J connectivity index is 1.88. The van der Waals surface area contributed by atoms with Crippen LogP contribution in [0.5, 0.6) is 0 Å². The van der Waals surface area contributed by atoms with Crippen molar-refractivity contribution in [2.24, 2.45) is 0 Å². The molecule has 0 bridgehead atoms. The van der Waals surface area contributed by atoms with Gasteiger partial charge in [0.1, 0.15) is 5.82 Å². The first-order valence-electron chi connectivity index (χ1n) is 8.64. The normalized spacial score (nSPS) is 10.2. The van der Waals surface area contributed by atoms with Gasteiger partial charge in [0.15, 0.2) is 5.78 Å². The summed E-state index contributed by atoms with van der Waals surface area (Å²) in [7, 11) is 1.34. The summed E-state index contributed by atoms with van der Waals surface area (Å²) in [5, 5.41) is 6.25. The third-order valence-corrected chi connectivity index (χ3v) is 3.97. The highest BCUT2D eigenvalue weighted by atomic mass is 16.5. The van der Waals surface area contributed by atoms with Crippen molar-refractivity contribution in [1.82, 2.24) is 9.97 Å². The second-order valence-electron chi connectivity index (χ2n) is 6.14. The number of nitrogens with zero attached hydrogens (tertiary/aromatic N) is 2. The van der Waals surface area contributed by atoms with Gasteiger partial charge in [0.05, 0.1) is 18.4 Å². The van der Waals surface area contributed by atoms with E-state index < -0.39 is 5.97 Å². The lowest BCUT2D eigenvalue weighted by molar-refractivity contribution is 0.0601. The predicted molar refractivity (Wildman–Crippen MR) is 108 cm³/mol. The Hall–Kier alpha value is -3.74. The van der Waals surface area contributed by atoms with Crippen LogP contribution < -0.4 is 10.6 Å². The number of carbonyl (C=O) groups is 2. The van der Waals surface area contributed by atoms with Crippen LogP contribution in [0.15, 0.2) is 54.6 Å². The quantitative estimate of drug-likeness (QED) is 0.490. The number of esters is 1. The first-order chi connectivity index (χ1) is 13.5. The van der Waals surface area contributed by atoms with Gasteiger partial charge in [-0.2, -0.15) is 4.98 Å². The molecule has 2 aromatic carbocycles. The third kappa shape index (κ3) is 4.50. The highest BCUT2D eigenvalue weighted by Crippen LogP contribution is 2.23. The van der Waals surface area contributed by atoms with Crippen LogP contribution in [0.2, 0.25) is 0 Å². The summed E-state index contributed by atoms with van der Waals surface area (Å²) >= 11 is 0. The van der Waals surface area contributed by atoms with Crippen LogP contribution in [-0.2, 0) is 4.74 Å². The van der Waals surface area contributed by atoms with E-state index >= 15 is 0 Å². The average molecular weight is 376 g/mol. The molecule has 2 N–H and O–H groups in total. The van der Waals surface area contributed by atoms with Crippen molar-refractivity contribution < 1.29 is 14.3 Å². The molecule has 0 unspecified atom stereocenters. The van der Waals surface area contributed by atoms with E-state index in [1.807, 2.05) is 19.1 Å². The average Bonchev–Trinajstić information content (AvgIpc) is 2.67. The molecule has 0 amide bonds.